The summed E-state index contributed by atoms with van der Waals surface area (Å²) >= 11 is 0. The van der Waals surface area contributed by atoms with Crippen molar-refractivity contribution in [1.29, 1.82) is 0 Å². The number of likely N-dealkylation sites (tertiary alicyclic amines) is 1. The van der Waals surface area contributed by atoms with E-state index in [1.165, 1.54) is 0 Å². The van der Waals surface area contributed by atoms with Gasteiger partial charge in [-0.25, -0.2) is 0 Å². The van der Waals surface area contributed by atoms with Gasteiger partial charge in [0.15, 0.2) is 0 Å². The molecule has 1 atom stereocenters. The molecule has 1 saturated heterocycles. The fourth-order valence-electron chi connectivity index (χ4n) is 2.19. The van der Waals surface area contributed by atoms with E-state index < -0.39 is 11.4 Å². The molecule has 4 heteroatoms. The summed E-state index contributed by atoms with van der Waals surface area (Å²) in [5.74, 6) is -0.654. The molecule has 1 rings (SSSR count). The van der Waals surface area contributed by atoms with Crippen LogP contribution in [0.5, 0.6) is 0 Å². The smallest absolute Gasteiger partial charge is 0.311 e. The van der Waals surface area contributed by atoms with Crippen LogP contribution in [0.4, 0.5) is 0 Å². The highest BCUT2D eigenvalue weighted by atomic mass is 16.4. The summed E-state index contributed by atoms with van der Waals surface area (Å²) in [5, 5.41) is 9.20. The van der Waals surface area contributed by atoms with Crippen LogP contribution in [0.25, 0.3) is 0 Å². The number of carboxylic acid groups (broad SMARTS) is 1. The van der Waals surface area contributed by atoms with Crippen LogP contribution >= 0.6 is 0 Å². The maximum absolute atomic E-state index is 11.8. The summed E-state index contributed by atoms with van der Waals surface area (Å²) in [6.45, 7) is 4.92. The lowest BCUT2D eigenvalue weighted by atomic mass is 9.84. The summed E-state index contributed by atoms with van der Waals surface area (Å²) < 4.78 is 0. The first kappa shape index (κ1) is 13.0. The van der Waals surface area contributed by atoms with E-state index in [9.17, 15) is 14.7 Å². The van der Waals surface area contributed by atoms with Gasteiger partial charge in [-0.15, -0.1) is 0 Å². The third-order valence-electron chi connectivity index (χ3n) is 3.58. The van der Waals surface area contributed by atoms with Crippen LogP contribution in [0.2, 0.25) is 0 Å². The van der Waals surface area contributed by atoms with Gasteiger partial charge in [0.1, 0.15) is 0 Å². The monoisotopic (exact) mass is 227 g/mol. The Hall–Kier alpha value is -1.06. The van der Waals surface area contributed by atoms with Crippen molar-refractivity contribution in [2.24, 2.45) is 5.41 Å². The number of rotatable bonds is 5. The maximum atomic E-state index is 11.8. The molecule has 16 heavy (non-hydrogen) atoms. The Morgan fingerprint density at radius 1 is 1.38 bits per heavy atom. The largest absolute Gasteiger partial charge is 0.481 e. The Morgan fingerprint density at radius 2 is 2.06 bits per heavy atom. The average Bonchev–Trinajstić information content (AvgIpc) is 2.71. The summed E-state index contributed by atoms with van der Waals surface area (Å²) in [6.07, 6.45) is 3.63. The van der Waals surface area contributed by atoms with Crippen molar-refractivity contribution < 1.29 is 14.7 Å². The van der Waals surface area contributed by atoms with E-state index in [0.717, 1.165) is 12.8 Å². The van der Waals surface area contributed by atoms with Gasteiger partial charge in [-0.05, 0) is 19.3 Å². The lowest BCUT2D eigenvalue weighted by molar-refractivity contribution is -0.148. The Balaban J connectivity index is 2.57. The van der Waals surface area contributed by atoms with Crippen LogP contribution in [-0.4, -0.2) is 35.0 Å². The van der Waals surface area contributed by atoms with E-state index in [2.05, 4.69) is 0 Å². The van der Waals surface area contributed by atoms with Crippen LogP contribution < -0.4 is 0 Å². The van der Waals surface area contributed by atoms with Gasteiger partial charge in [0.05, 0.1) is 5.41 Å². The van der Waals surface area contributed by atoms with Crippen molar-refractivity contribution in [2.45, 2.75) is 46.0 Å². The van der Waals surface area contributed by atoms with Crippen molar-refractivity contribution in [3.8, 4) is 0 Å². The number of carbonyl (C=O) groups excluding carboxylic acids is 1. The molecule has 0 bridgehead atoms. The van der Waals surface area contributed by atoms with E-state index in [-0.39, 0.29) is 5.91 Å². The molecule has 1 fully saturated rings. The number of carbonyl (C=O) groups is 2. The van der Waals surface area contributed by atoms with E-state index in [4.69, 9.17) is 0 Å². The molecule has 1 N–H and O–H groups in total. The zero-order valence-electron chi connectivity index (χ0n) is 10.2. The molecule has 1 heterocycles. The van der Waals surface area contributed by atoms with Gasteiger partial charge in [0.2, 0.25) is 5.91 Å². The molecule has 0 saturated carbocycles. The quantitative estimate of drug-likeness (QED) is 0.780. The summed E-state index contributed by atoms with van der Waals surface area (Å²) in [7, 11) is 0. The summed E-state index contributed by atoms with van der Waals surface area (Å²) in [4.78, 5) is 24.7. The lowest BCUT2D eigenvalue weighted by Crippen LogP contribution is -2.36. The molecular formula is C12H21NO3. The van der Waals surface area contributed by atoms with Gasteiger partial charge in [-0.3, -0.25) is 9.59 Å². The van der Waals surface area contributed by atoms with Crippen molar-refractivity contribution >= 4 is 11.9 Å². The Bertz CT molecular complexity index is 277. The van der Waals surface area contributed by atoms with E-state index in [1.54, 1.807) is 4.90 Å². The average molecular weight is 227 g/mol. The van der Waals surface area contributed by atoms with Crippen LogP contribution in [0.1, 0.15) is 46.0 Å². The van der Waals surface area contributed by atoms with Crippen LogP contribution in [-0.2, 0) is 9.59 Å². The van der Waals surface area contributed by atoms with Crippen LogP contribution in [0.3, 0.4) is 0 Å². The standard InChI is InChI=1S/C12H21NO3/c1-3-5-6-10(14)13-8-7-12(4-2,9-13)11(15)16/h3-9H2,1-2H3,(H,15,16). The molecule has 0 aromatic heterocycles. The predicted molar refractivity (Wildman–Crippen MR) is 61.1 cm³/mol. The highest BCUT2D eigenvalue weighted by Crippen LogP contribution is 2.34. The zero-order chi connectivity index (χ0) is 12.2. The zero-order valence-corrected chi connectivity index (χ0v) is 10.2. The third kappa shape index (κ3) is 2.54. The van der Waals surface area contributed by atoms with E-state index in [0.29, 0.717) is 32.4 Å². The number of aliphatic carboxylic acids is 1. The molecule has 0 aromatic rings. The number of amides is 1. The second kappa shape index (κ2) is 5.32. The molecule has 1 aliphatic rings. The maximum Gasteiger partial charge on any atom is 0.311 e. The van der Waals surface area contributed by atoms with Crippen molar-refractivity contribution in [2.75, 3.05) is 13.1 Å². The first-order valence-electron chi connectivity index (χ1n) is 6.07. The number of nitrogens with zero attached hydrogens (tertiary/aromatic N) is 1. The Morgan fingerprint density at radius 3 is 2.50 bits per heavy atom. The van der Waals surface area contributed by atoms with Gasteiger partial charge >= 0.3 is 5.97 Å². The molecule has 1 unspecified atom stereocenters. The van der Waals surface area contributed by atoms with Gasteiger partial charge in [0, 0.05) is 19.5 Å². The second-order valence-corrected chi connectivity index (χ2v) is 4.61. The highest BCUT2D eigenvalue weighted by Gasteiger charge is 2.44. The Labute approximate surface area is 96.6 Å². The highest BCUT2D eigenvalue weighted by molar-refractivity contribution is 5.80. The van der Waals surface area contributed by atoms with E-state index >= 15 is 0 Å². The number of hydrogen-bond donors (Lipinski definition) is 1. The number of carboxylic acids is 1. The molecule has 0 spiro atoms. The molecule has 0 radical (unpaired) electrons. The molecule has 1 aliphatic heterocycles. The first-order valence-corrected chi connectivity index (χ1v) is 6.07. The molecular weight excluding hydrogens is 206 g/mol. The predicted octanol–water partition coefficient (Wildman–Crippen LogP) is 1.89. The van der Waals surface area contributed by atoms with Crippen molar-refractivity contribution in [3.63, 3.8) is 0 Å². The minimum Gasteiger partial charge on any atom is -0.481 e. The Kier molecular flexibility index (Phi) is 4.33. The normalized spacial score (nSPS) is 24.8. The van der Waals surface area contributed by atoms with E-state index in [1.807, 2.05) is 13.8 Å². The molecule has 0 aliphatic carbocycles. The summed E-state index contributed by atoms with van der Waals surface area (Å²) in [5.41, 5.74) is -0.693. The molecule has 4 nitrogen and oxygen atoms in total. The topological polar surface area (TPSA) is 57.6 Å². The minimum absolute atomic E-state index is 0.110. The molecule has 0 aromatic carbocycles. The number of unbranched alkanes of at least 4 members (excludes halogenated alkanes) is 1. The third-order valence-corrected chi connectivity index (χ3v) is 3.58. The first-order chi connectivity index (χ1) is 7.55. The van der Waals surface area contributed by atoms with Crippen LogP contribution in [0, 0.1) is 5.41 Å². The minimum atomic E-state index is -0.763. The summed E-state index contributed by atoms with van der Waals surface area (Å²) in [6, 6.07) is 0. The molecule has 92 valence electrons. The second-order valence-electron chi connectivity index (χ2n) is 4.61. The SMILES string of the molecule is CCCCC(=O)N1CCC(CC)(C(=O)O)C1. The fraction of sp³-hybridized carbons (Fsp3) is 0.833. The van der Waals surface area contributed by atoms with Crippen LogP contribution in [0.15, 0.2) is 0 Å². The fourth-order valence-corrected chi connectivity index (χ4v) is 2.19. The number of hydrogen-bond acceptors (Lipinski definition) is 2. The lowest BCUT2D eigenvalue weighted by Gasteiger charge is -2.23. The van der Waals surface area contributed by atoms with Crippen molar-refractivity contribution in [3.05, 3.63) is 0 Å². The van der Waals surface area contributed by atoms with Gasteiger partial charge in [0.25, 0.3) is 0 Å². The van der Waals surface area contributed by atoms with Crippen molar-refractivity contribution in [1.82, 2.24) is 4.90 Å². The molecule has 1 amide bonds. The van der Waals surface area contributed by atoms with Gasteiger partial charge in [-0.1, -0.05) is 20.3 Å². The van der Waals surface area contributed by atoms with Gasteiger partial charge in [-0.2, -0.15) is 0 Å². The van der Waals surface area contributed by atoms with Gasteiger partial charge < -0.3 is 10.0 Å².